The Kier molecular flexibility index (Phi) is 11.2. The van der Waals surface area contributed by atoms with Gasteiger partial charge in [-0.3, -0.25) is 0 Å². The number of nitrogen functional groups attached to an aromatic ring is 1. The van der Waals surface area contributed by atoms with Crippen LogP contribution in [0.4, 0.5) is 5.69 Å². The van der Waals surface area contributed by atoms with Crippen LogP contribution in [0.15, 0.2) is 18.2 Å². The van der Waals surface area contributed by atoms with E-state index in [0.717, 1.165) is 12.0 Å². The van der Waals surface area contributed by atoms with E-state index in [4.69, 9.17) is 23.1 Å². The topological polar surface area (TPSA) is 52.0 Å². The van der Waals surface area contributed by atoms with Gasteiger partial charge >= 0.3 is 0 Å². The number of benzene rings is 1. The average Bonchev–Trinajstić information content (AvgIpc) is 2.55. The normalized spacial score (nSPS) is 12.5. The molecule has 23 heavy (non-hydrogen) atoms. The number of rotatable bonds is 13. The molecule has 0 bridgehead atoms. The van der Waals surface area contributed by atoms with Crippen LogP contribution in [0.2, 0.25) is 5.02 Å². The second kappa shape index (κ2) is 12.7. The fourth-order valence-corrected chi connectivity index (χ4v) is 3.11. The lowest BCUT2D eigenvalue weighted by molar-refractivity contribution is 0.526. The minimum atomic E-state index is 0.0770. The van der Waals surface area contributed by atoms with Gasteiger partial charge in [-0.15, -0.1) is 0 Å². The van der Waals surface area contributed by atoms with Crippen LogP contribution in [0.1, 0.15) is 95.6 Å². The van der Waals surface area contributed by atoms with Crippen LogP contribution in [0.5, 0.6) is 0 Å². The van der Waals surface area contributed by atoms with Crippen LogP contribution in [0.25, 0.3) is 0 Å². The molecule has 1 unspecified atom stereocenters. The second-order valence-corrected chi connectivity index (χ2v) is 7.12. The molecule has 0 fully saturated rings. The highest BCUT2D eigenvalue weighted by Gasteiger charge is 2.07. The molecule has 0 aliphatic rings. The second-order valence-electron chi connectivity index (χ2n) is 6.71. The summed E-state index contributed by atoms with van der Waals surface area (Å²) in [5, 5.41) is 0.607. The molecule has 1 atom stereocenters. The Hall–Kier alpha value is -0.730. The van der Waals surface area contributed by atoms with Crippen molar-refractivity contribution in [2.24, 2.45) is 5.73 Å². The first kappa shape index (κ1) is 20.3. The molecule has 1 rings (SSSR count). The van der Waals surface area contributed by atoms with E-state index in [1.807, 2.05) is 18.2 Å². The van der Waals surface area contributed by atoms with Gasteiger partial charge in [0.05, 0.1) is 10.7 Å². The van der Waals surface area contributed by atoms with Crippen LogP contribution in [-0.4, -0.2) is 0 Å². The van der Waals surface area contributed by atoms with E-state index in [0.29, 0.717) is 10.7 Å². The molecule has 0 aliphatic carbocycles. The van der Waals surface area contributed by atoms with Gasteiger partial charge in [0, 0.05) is 6.04 Å². The Balaban J connectivity index is 1.99. The molecule has 0 amide bonds. The molecule has 0 spiro atoms. The third-order valence-electron chi connectivity index (χ3n) is 4.57. The highest BCUT2D eigenvalue weighted by molar-refractivity contribution is 6.33. The van der Waals surface area contributed by atoms with E-state index in [2.05, 4.69) is 6.92 Å². The van der Waals surface area contributed by atoms with E-state index in [1.165, 1.54) is 70.6 Å². The van der Waals surface area contributed by atoms with Crippen LogP contribution in [0.3, 0.4) is 0 Å². The predicted octanol–water partition coefficient (Wildman–Crippen LogP) is 6.62. The van der Waals surface area contributed by atoms with Gasteiger partial charge in [0.15, 0.2) is 0 Å². The fourth-order valence-electron chi connectivity index (χ4n) is 2.99. The molecule has 4 N–H and O–H groups in total. The maximum absolute atomic E-state index is 6.24. The van der Waals surface area contributed by atoms with Crippen LogP contribution in [0, 0.1) is 0 Å². The molecular formula is C20H35ClN2. The summed E-state index contributed by atoms with van der Waals surface area (Å²) in [6.45, 7) is 2.27. The lowest BCUT2D eigenvalue weighted by Crippen LogP contribution is -2.10. The molecule has 2 nitrogen and oxygen atoms in total. The molecule has 0 radical (unpaired) electrons. The molecule has 132 valence electrons. The van der Waals surface area contributed by atoms with Crippen molar-refractivity contribution in [2.75, 3.05) is 5.73 Å². The van der Waals surface area contributed by atoms with Crippen molar-refractivity contribution < 1.29 is 0 Å². The predicted molar refractivity (Wildman–Crippen MR) is 104 cm³/mol. The van der Waals surface area contributed by atoms with Crippen LogP contribution in [-0.2, 0) is 0 Å². The first-order valence-corrected chi connectivity index (χ1v) is 9.83. The minimum Gasteiger partial charge on any atom is -0.398 e. The third-order valence-corrected chi connectivity index (χ3v) is 4.91. The van der Waals surface area contributed by atoms with Gasteiger partial charge in [-0.25, -0.2) is 0 Å². The number of hydrogen-bond donors (Lipinski definition) is 2. The van der Waals surface area contributed by atoms with Crippen molar-refractivity contribution in [3.8, 4) is 0 Å². The summed E-state index contributed by atoms with van der Waals surface area (Å²) in [5.41, 5.74) is 13.8. The molecule has 0 aromatic heterocycles. The van der Waals surface area contributed by atoms with Crippen molar-refractivity contribution in [2.45, 2.75) is 90.0 Å². The van der Waals surface area contributed by atoms with Crippen LogP contribution < -0.4 is 11.5 Å². The zero-order valence-electron chi connectivity index (χ0n) is 14.8. The summed E-state index contributed by atoms with van der Waals surface area (Å²) in [6.07, 6.45) is 16.0. The Morgan fingerprint density at radius 3 is 1.91 bits per heavy atom. The van der Waals surface area contributed by atoms with Crippen molar-refractivity contribution >= 4 is 17.3 Å². The lowest BCUT2D eigenvalue weighted by atomic mass is 9.99. The molecule has 1 aromatic carbocycles. The number of hydrogen-bond acceptors (Lipinski definition) is 2. The third kappa shape index (κ3) is 9.22. The smallest absolute Gasteiger partial charge is 0.0635 e. The van der Waals surface area contributed by atoms with Gasteiger partial charge in [-0.2, -0.15) is 0 Å². The van der Waals surface area contributed by atoms with E-state index in [-0.39, 0.29) is 6.04 Å². The van der Waals surface area contributed by atoms with Crippen LogP contribution >= 0.6 is 11.6 Å². The highest BCUT2D eigenvalue weighted by Crippen LogP contribution is 2.25. The Morgan fingerprint density at radius 2 is 1.39 bits per heavy atom. The van der Waals surface area contributed by atoms with Gasteiger partial charge in [-0.1, -0.05) is 95.2 Å². The van der Waals surface area contributed by atoms with Crippen molar-refractivity contribution in [1.82, 2.24) is 0 Å². The SMILES string of the molecule is CCCCCCCCCCCCCC(N)c1ccc(Cl)c(N)c1. The minimum absolute atomic E-state index is 0.0770. The quantitative estimate of drug-likeness (QED) is 0.313. The number of unbranched alkanes of at least 4 members (excludes halogenated alkanes) is 10. The monoisotopic (exact) mass is 338 g/mol. The zero-order valence-corrected chi connectivity index (χ0v) is 15.6. The molecule has 3 heteroatoms. The van der Waals surface area contributed by atoms with E-state index >= 15 is 0 Å². The van der Waals surface area contributed by atoms with E-state index in [9.17, 15) is 0 Å². The molecule has 0 heterocycles. The van der Waals surface area contributed by atoms with Crippen molar-refractivity contribution in [3.63, 3.8) is 0 Å². The fraction of sp³-hybridized carbons (Fsp3) is 0.700. The number of halogens is 1. The van der Waals surface area contributed by atoms with Gasteiger partial charge in [0.1, 0.15) is 0 Å². The average molecular weight is 339 g/mol. The zero-order chi connectivity index (χ0) is 16.9. The van der Waals surface area contributed by atoms with Crippen molar-refractivity contribution in [1.29, 1.82) is 0 Å². The first-order valence-electron chi connectivity index (χ1n) is 9.45. The molecular weight excluding hydrogens is 304 g/mol. The summed E-state index contributed by atoms with van der Waals surface area (Å²) in [6, 6.07) is 5.81. The van der Waals surface area contributed by atoms with E-state index in [1.54, 1.807) is 0 Å². The maximum atomic E-state index is 6.24. The first-order chi connectivity index (χ1) is 11.1. The Bertz CT molecular complexity index is 420. The van der Waals surface area contributed by atoms with Gasteiger partial charge < -0.3 is 11.5 Å². The summed E-state index contributed by atoms with van der Waals surface area (Å²) in [5.74, 6) is 0. The lowest BCUT2D eigenvalue weighted by Gasteiger charge is -2.13. The standard InChI is InChI=1S/C20H35ClN2/c1-2-3-4-5-6-7-8-9-10-11-12-13-19(22)17-14-15-18(21)20(23)16-17/h14-16,19H,2-13,22-23H2,1H3. The summed E-state index contributed by atoms with van der Waals surface area (Å²) in [4.78, 5) is 0. The Labute approximate surface area is 148 Å². The number of nitrogens with two attached hydrogens (primary N) is 2. The highest BCUT2D eigenvalue weighted by atomic mass is 35.5. The van der Waals surface area contributed by atoms with Gasteiger partial charge in [0.25, 0.3) is 0 Å². The molecule has 0 saturated carbocycles. The van der Waals surface area contributed by atoms with Crippen molar-refractivity contribution in [3.05, 3.63) is 28.8 Å². The number of anilines is 1. The summed E-state index contributed by atoms with van der Waals surface area (Å²) < 4.78 is 0. The maximum Gasteiger partial charge on any atom is 0.0635 e. The van der Waals surface area contributed by atoms with E-state index < -0.39 is 0 Å². The molecule has 1 aromatic rings. The molecule has 0 saturated heterocycles. The van der Waals surface area contributed by atoms with Gasteiger partial charge in [0.2, 0.25) is 0 Å². The largest absolute Gasteiger partial charge is 0.398 e. The Morgan fingerprint density at radius 1 is 0.870 bits per heavy atom. The van der Waals surface area contributed by atoms with Gasteiger partial charge in [-0.05, 0) is 24.1 Å². The summed E-state index contributed by atoms with van der Waals surface area (Å²) in [7, 11) is 0. The summed E-state index contributed by atoms with van der Waals surface area (Å²) >= 11 is 5.94. The molecule has 0 aliphatic heterocycles.